The molecule has 0 aliphatic heterocycles. The topological polar surface area (TPSA) is 3.24 Å². The van der Waals surface area contributed by atoms with Gasteiger partial charge in [-0.25, -0.2) is 0 Å². The lowest BCUT2D eigenvalue weighted by atomic mass is 9.79. The molecule has 2 aliphatic carbocycles. The summed E-state index contributed by atoms with van der Waals surface area (Å²) in [6.07, 6.45) is 0. The van der Waals surface area contributed by atoms with Crippen molar-refractivity contribution in [2.75, 3.05) is 4.90 Å². The SMILES string of the molecule is CC1(C)c2ccccc2-c2ccc(N(c3ccc(-c4cccc5c4C(C)(C)c4ccccc4-5)cc3)c3cccc(-c4ccccc4)c3-c3ccccc3-c3ccccc3)cc21. The molecule has 0 saturated carbocycles. The summed E-state index contributed by atoms with van der Waals surface area (Å²) in [5.41, 5.74) is 23.6. The Bertz CT molecular complexity index is 3120. The van der Waals surface area contributed by atoms with Crippen molar-refractivity contribution in [1.29, 1.82) is 0 Å². The Labute approximate surface area is 360 Å². The van der Waals surface area contributed by atoms with Crippen LogP contribution in [0.5, 0.6) is 0 Å². The second-order valence-electron chi connectivity index (χ2n) is 17.7. The highest BCUT2D eigenvalue weighted by molar-refractivity contribution is 6.01. The Hall–Kier alpha value is -7.22. The van der Waals surface area contributed by atoms with Gasteiger partial charge < -0.3 is 4.90 Å². The number of nitrogens with zero attached hydrogens (tertiary/aromatic N) is 1. The summed E-state index contributed by atoms with van der Waals surface area (Å²) in [5, 5.41) is 0. The third kappa shape index (κ3) is 5.83. The predicted octanol–water partition coefficient (Wildman–Crippen LogP) is 16.4. The molecule has 0 bridgehead atoms. The van der Waals surface area contributed by atoms with Crippen molar-refractivity contribution in [3.8, 4) is 66.8 Å². The van der Waals surface area contributed by atoms with Gasteiger partial charge in [0.15, 0.2) is 0 Å². The van der Waals surface area contributed by atoms with Crippen LogP contribution in [0.4, 0.5) is 17.1 Å². The molecule has 9 aromatic carbocycles. The average molecular weight is 782 g/mol. The quantitative estimate of drug-likeness (QED) is 0.156. The van der Waals surface area contributed by atoms with E-state index in [-0.39, 0.29) is 10.8 Å². The van der Waals surface area contributed by atoms with Crippen molar-refractivity contribution < 1.29 is 0 Å². The summed E-state index contributed by atoms with van der Waals surface area (Å²) in [6, 6.07) is 78.5. The molecule has 61 heavy (non-hydrogen) atoms. The molecular formula is C60H47N. The lowest BCUT2D eigenvalue weighted by Crippen LogP contribution is -2.17. The van der Waals surface area contributed by atoms with Crippen molar-refractivity contribution in [2.24, 2.45) is 0 Å². The lowest BCUT2D eigenvalue weighted by Gasteiger charge is -2.31. The highest BCUT2D eigenvalue weighted by Gasteiger charge is 2.38. The van der Waals surface area contributed by atoms with E-state index in [1.54, 1.807) is 0 Å². The molecule has 2 aliphatic rings. The molecule has 0 fully saturated rings. The zero-order chi connectivity index (χ0) is 41.3. The van der Waals surface area contributed by atoms with Gasteiger partial charge in [0.1, 0.15) is 0 Å². The van der Waals surface area contributed by atoms with Crippen molar-refractivity contribution >= 4 is 17.1 Å². The summed E-state index contributed by atoms with van der Waals surface area (Å²) in [5.74, 6) is 0. The second-order valence-corrected chi connectivity index (χ2v) is 17.7. The zero-order valence-electron chi connectivity index (χ0n) is 35.2. The normalized spacial score (nSPS) is 13.8. The van der Waals surface area contributed by atoms with Crippen molar-refractivity contribution in [3.63, 3.8) is 0 Å². The van der Waals surface area contributed by atoms with E-state index in [1.807, 2.05) is 0 Å². The van der Waals surface area contributed by atoms with Gasteiger partial charge in [-0.15, -0.1) is 0 Å². The maximum absolute atomic E-state index is 2.50. The Morgan fingerprint density at radius 2 is 0.754 bits per heavy atom. The Morgan fingerprint density at radius 3 is 1.44 bits per heavy atom. The second kappa shape index (κ2) is 14.2. The van der Waals surface area contributed by atoms with E-state index in [0.29, 0.717) is 0 Å². The highest BCUT2D eigenvalue weighted by Crippen LogP contribution is 2.54. The van der Waals surface area contributed by atoms with Crippen LogP contribution in [0.1, 0.15) is 49.9 Å². The molecule has 1 nitrogen and oxygen atoms in total. The molecule has 11 rings (SSSR count). The molecule has 0 radical (unpaired) electrons. The number of fused-ring (bicyclic) bond motifs is 6. The maximum atomic E-state index is 2.50. The highest BCUT2D eigenvalue weighted by atomic mass is 15.1. The first-order valence-corrected chi connectivity index (χ1v) is 21.5. The molecular weight excluding hydrogens is 735 g/mol. The van der Waals surface area contributed by atoms with E-state index >= 15 is 0 Å². The first kappa shape index (κ1) is 36.8. The van der Waals surface area contributed by atoms with Crippen molar-refractivity contribution in [3.05, 3.63) is 235 Å². The van der Waals surface area contributed by atoms with E-state index in [9.17, 15) is 0 Å². The van der Waals surface area contributed by atoms with Crippen LogP contribution in [0.2, 0.25) is 0 Å². The summed E-state index contributed by atoms with van der Waals surface area (Å²) in [4.78, 5) is 2.50. The van der Waals surface area contributed by atoms with E-state index in [1.165, 1.54) is 89.0 Å². The van der Waals surface area contributed by atoms with Crippen LogP contribution in [-0.2, 0) is 10.8 Å². The minimum absolute atomic E-state index is 0.110. The van der Waals surface area contributed by atoms with Gasteiger partial charge >= 0.3 is 0 Å². The molecule has 0 atom stereocenters. The van der Waals surface area contributed by atoms with Crippen molar-refractivity contribution in [1.82, 2.24) is 0 Å². The molecule has 0 saturated heterocycles. The first-order chi connectivity index (χ1) is 29.8. The Balaban J connectivity index is 1.15. The summed E-state index contributed by atoms with van der Waals surface area (Å²) in [6.45, 7) is 9.49. The van der Waals surface area contributed by atoms with E-state index in [4.69, 9.17) is 0 Å². The standard InChI is InChI=1S/C60H47N/c1-59(2)53-30-15-13-24-48(53)50-38-37-44(39-55(50)59)61(43-35-33-42(34-36-43)47-28-17-29-52-49-25-14-16-31-54(49)60(3,4)58(47)52)56-32-18-27-46(41-21-9-6-10-22-41)57(56)51-26-12-11-23-45(51)40-19-7-5-8-20-40/h5-39H,1-4H3. The summed E-state index contributed by atoms with van der Waals surface area (Å²) < 4.78 is 0. The minimum atomic E-state index is -0.149. The van der Waals surface area contributed by atoms with Crippen LogP contribution in [0.3, 0.4) is 0 Å². The van der Waals surface area contributed by atoms with Crippen molar-refractivity contribution in [2.45, 2.75) is 38.5 Å². The molecule has 1 heteroatoms. The molecule has 0 aromatic heterocycles. The van der Waals surface area contributed by atoms with Gasteiger partial charge in [0.2, 0.25) is 0 Å². The molecule has 0 spiro atoms. The smallest absolute Gasteiger partial charge is 0.0546 e. The molecule has 0 unspecified atom stereocenters. The average Bonchev–Trinajstić information content (AvgIpc) is 3.69. The fourth-order valence-corrected chi connectivity index (χ4v) is 10.6. The van der Waals surface area contributed by atoms with Gasteiger partial charge in [-0.1, -0.05) is 210 Å². The van der Waals surface area contributed by atoms with E-state index in [2.05, 4.69) is 245 Å². The van der Waals surface area contributed by atoms with E-state index in [0.717, 1.165) is 17.1 Å². The predicted molar refractivity (Wildman–Crippen MR) is 258 cm³/mol. The number of rotatable bonds is 7. The molecule has 0 heterocycles. The van der Waals surface area contributed by atoms with Crippen LogP contribution in [0, 0.1) is 0 Å². The molecule has 0 amide bonds. The van der Waals surface area contributed by atoms with Gasteiger partial charge in [0.05, 0.1) is 5.69 Å². The van der Waals surface area contributed by atoms with Gasteiger partial charge in [-0.05, 0) is 114 Å². The van der Waals surface area contributed by atoms with Crippen LogP contribution in [0.15, 0.2) is 212 Å². The van der Waals surface area contributed by atoms with Crippen LogP contribution < -0.4 is 4.90 Å². The Kier molecular flexibility index (Phi) is 8.58. The van der Waals surface area contributed by atoms with Crippen LogP contribution in [0.25, 0.3) is 66.8 Å². The van der Waals surface area contributed by atoms with Gasteiger partial charge in [0, 0.05) is 27.8 Å². The zero-order valence-corrected chi connectivity index (χ0v) is 35.2. The van der Waals surface area contributed by atoms with Gasteiger partial charge in [-0.3, -0.25) is 0 Å². The lowest BCUT2D eigenvalue weighted by molar-refractivity contribution is 0.660. The monoisotopic (exact) mass is 781 g/mol. The number of hydrogen-bond acceptors (Lipinski definition) is 1. The molecule has 9 aromatic rings. The minimum Gasteiger partial charge on any atom is -0.310 e. The maximum Gasteiger partial charge on any atom is 0.0546 e. The van der Waals surface area contributed by atoms with Crippen LogP contribution in [-0.4, -0.2) is 0 Å². The third-order valence-electron chi connectivity index (χ3n) is 13.5. The van der Waals surface area contributed by atoms with Gasteiger partial charge in [0.25, 0.3) is 0 Å². The van der Waals surface area contributed by atoms with Crippen LogP contribution >= 0.6 is 0 Å². The Morgan fingerprint density at radius 1 is 0.295 bits per heavy atom. The number of benzene rings is 9. The fourth-order valence-electron chi connectivity index (χ4n) is 10.6. The summed E-state index contributed by atoms with van der Waals surface area (Å²) >= 11 is 0. The fraction of sp³-hybridized carbons (Fsp3) is 0.100. The summed E-state index contributed by atoms with van der Waals surface area (Å²) in [7, 11) is 0. The molecule has 292 valence electrons. The largest absolute Gasteiger partial charge is 0.310 e. The molecule has 0 N–H and O–H groups in total. The first-order valence-electron chi connectivity index (χ1n) is 21.5. The van der Waals surface area contributed by atoms with Gasteiger partial charge in [-0.2, -0.15) is 0 Å². The van der Waals surface area contributed by atoms with E-state index < -0.39 is 0 Å². The number of hydrogen-bond donors (Lipinski definition) is 0. The number of anilines is 3. The third-order valence-corrected chi connectivity index (χ3v) is 13.5.